The first-order valence-corrected chi connectivity index (χ1v) is 6.02. The van der Waals surface area contributed by atoms with Crippen molar-refractivity contribution in [2.24, 2.45) is 17.6 Å². The van der Waals surface area contributed by atoms with Crippen LogP contribution in [0, 0.1) is 11.8 Å². The van der Waals surface area contributed by atoms with Gasteiger partial charge in [0.2, 0.25) is 5.91 Å². The van der Waals surface area contributed by atoms with E-state index in [-0.39, 0.29) is 11.8 Å². The molecule has 0 saturated heterocycles. The van der Waals surface area contributed by atoms with Crippen LogP contribution in [-0.2, 0) is 9.53 Å². The molecule has 1 atom stereocenters. The Kier molecular flexibility index (Phi) is 8.21. The smallest absolute Gasteiger partial charge is 0.225 e. The zero-order valence-electron chi connectivity index (χ0n) is 11.0. The van der Waals surface area contributed by atoms with Gasteiger partial charge >= 0.3 is 0 Å². The van der Waals surface area contributed by atoms with E-state index in [1.165, 1.54) is 0 Å². The zero-order valence-corrected chi connectivity index (χ0v) is 11.0. The number of methoxy groups -OCH3 is 1. The second-order valence-corrected chi connectivity index (χ2v) is 4.49. The van der Waals surface area contributed by atoms with Crippen molar-refractivity contribution in [1.82, 2.24) is 4.90 Å². The van der Waals surface area contributed by atoms with Crippen LogP contribution < -0.4 is 5.73 Å². The van der Waals surface area contributed by atoms with Gasteiger partial charge in [-0.25, -0.2) is 0 Å². The Bertz CT molecular complexity index is 187. The van der Waals surface area contributed by atoms with Gasteiger partial charge in [0.15, 0.2) is 0 Å². The van der Waals surface area contributed by atoms with E-state index in [1.54, 1.807) is 7.11 Å². The minimum atomic E-state index is 0.0645. The first-order chi connectivity index (χ1) is 7.54. The third-order valence-corrected chi connectivity index (χ3v) is 2.90. The molecule has 0 spiro atoms. The van der Waals surface area contributed by atoms with E-state index in [9.17, 15) is 4.79 Å². The second kappa shape index (κ2) is 8.53. The summed E-state index contributed by atoms with van der Waals surface area (Å²) in [5.41, 5.74) is 5.47. The Balaban J connectivity index is 4.29. The fraction of sp³-hybridized carbons (Fsp3) is 0.917. The van der Waals surface area contributed by atoms with Gasteiger partial charge < -0.3 is 15.4 Å². The number of carbonyl (C=O) groups excluding carboxylic acids is 1. The highest BCUT2D eigenvalue weighted by atomic mass is 16.5. The van der Waals surface area contributed by atoms with Crippen LogP contribution in [0.25, 0.3) is 0 Å². The summed E-state index contributed by atoms with van der Waals surface area (Å²) in [5.74, 6) is 0.644. The molecule has 0 rings (SSSR count). The monoisotopic (exact) mass is 230 g/mol. The van der Waals surface area contributed by atoms with E-state index in [2.05, 4.69) is 13.8 Å². The van der Waals surface area contributed by atoms with Crippen LogP contribution in [0.3, 0.4) is 0 Å². The first kappa shape index (κ1) is 15.4. The summed E-state index contributed by atoms with van der Waals surface area (Å²) < 4.78 is 5.02. The number of nitrogens with zero attached hydrogens (tertiary/aromatic N) is 1. The van der Waals surface area contributed by atoms with Crippen molar-refractivity contribution in [2.45, 2.75) is 27.2 Å². The summed E-state index contributed by atoms with van der Waals surface area (Å²) in [5, 5.41) is 0. The molecular formula is C12H26N2O2. The third-order valence-electron chi connectivity index (χ3n) is 2.90. The Morgan fingerprint density at radius 1 is 1.31 bits per heavy atom. The summed E-state index contributed by atoms with van der Waals surface area (Å²) in [6.07, 6.45) is 0.847. The van der Waals surface area contributed by atoms with Crippen LogP contribution in [0.5, 0.6) is 0 Å². The van der Waals surface area contributed by atoms with Crippen LogP contribution in [0.15, 0.2) is 0 Å². The van der Waals surface area contributed by atoms with Gasteiger partial charge in [0, 0.05) is 26.1 Å². The predicted octanol–water partition coefficient (Wildman–Crippen LogP) is 1.10. The van der Waals surface area contributed by atoms with Crippen molar-refractivity contribution in [3.63, 3.8) is 0 Å². The molecule has 2 N–H and O–H groups in total. The number of nitrogens with two attached hydrogens (primary N) is 1. The van der Waals surface area contributed by atoms with Crippen LogP contribution >= 0.6 is 0 Å². The minimum Gasteiger partial charge on any atom is -0.383 e. The maximum atomic E-state index is 12.1. The van der Waals surface area contributed by atoms with Crippen molar-refractivity contribution >= 4 is 5.91 Å². The lowest BCUT2D eigenvalue weighted by Crippen LogP contribution is -2.40. The van der Waals surface area contributed by atoms with E-state index in [4.69, 9.17) is 10.5 Å². The van der Waals surface area contributed by atoms with Crippen LogP contribution in [0.4, 0.5) is 0 Å². The summed E-state index contributed by atoms with van der Waals surface area (Å²) in [6.45, 7) is 8.71. The lowest BCUT2D eigenvalue weighted by molar-refractivity contribution is -0.137. The van der Waals surface area contributed by atoms with Crippen molar-refractivity contribution in [3.05, 3.63) is 0 Å². The van der Waals surface area contributed by atoms with Gasteiger partial charge in [0.1, 0.15) is 0 Å². The van der Waals surface area contributed by atoms with Crippen LogP contribution in [0.2, 0.25) is 0 Å². The average molecular weight is 230 g/mol. The standard InChI is InChI=1S/C12H26N2O2/c1-10(2)11(3)12(15)14(7-5-6-13)8-9-16-4/h10-11H,5-9,13H2,1-4H3. The number of rotatable bonds is 8. The van der Waals surface area contributed by atoms with Crippen molar-refractivity contribution in [3.8, 4) is 0 Å². The SMILES string of the molecule is COCCN(CCCN)C(=O)C(C)C(C)C. The molecule has 96 valence electrons. The minimum absolute atomic E-state index is 0.0645. The number of hydrogen-bond acceptors (Lipinski definition) is 3. The largest absolute Gasteiger partial charge is 0.383 e. The van der Waals surface area contributed by atoms with Crippen molar-refractivity contribution < 1.29 is 9.53 Å². The fourth-order valence-corrected chi connectivity index (χ4v) is 1.39. The summed E-state index contributed by atoms with van der Waals surface area (Å²) in [6, 6.07) is 0. The molecule has 1 unspecified atom stereocenters. The molecule has 0 aliphatic heterocycles. The third kappa shape index (κ3) is 5.47. The number of ether oxygens (including phenoxy) is 1. The number of amides is 1. The quantitative estimate of drug-likeness (QED) is 0.679. The Labute approximate surface area is 99.1 Å². The molecule has 1 amide bonds. The summed E-state index contributed by atoms with van der Waals surface area (Å²) in [4.78, 5) is 14.0. The second-order valence-electron chi connectivity index (χ2n) is 4.49. The van der Waals surface area contributed by atoms with Gasteiger partial charge in [-0.05, 0) is 18.9 Å². The lowest BCUT2D eigenvalue weighted by Gasteiger charge is -2.27. The lowest BCUT2D eigenvalue weighted by atomic mass is 9.96. The first-order valence-electron chi connectivity index (χ1n) is 6.02. The maximum Gasteiger partial charge on any atom is 0.225 e. The topological polar surface area (TPSA) is 55.6 Å². The highest BCUT2D eigenvalue weighted by molar-refractivity contribution is 5.78. The Morgan fingerprint density at radius 2 is 1.94 bits per heavy atom. The van der Waals surface area contributed by atoms with Gasteiger partial charge in [-0.2, -0.15) is 0 Å². The molecule has 0 heterocycles. The maximum absolute atomic E-state index is 12.1. The molecule has 0 aliphatic rings. The Hall–Kier alpha value is -0.610. The van der Waals surface area contributed by atoms with E-state index in [0.29, 0.717) is 25.6 Å². The molecule has 0 aliphatic carbocycles. The highest BCUT2D eigenvalue weighted by Crippen LogP contribution is 2.13. The normalized spacial score (nSPS) is 12.9. The predicted molar refractivity (Wildman–Crippen MR) is 66.1 cm³/mol. The van der Waals surface area contributed by atoms with Gasteiger partial charge in [-0.1, -0.05) is 20.8 Å². The van der Waals surface area contributed by atoms with Crippen LogP contribution in [-0.4, -0.2) is 44.2 Å². The van der Waals surface area contributed by atoms with Gasteiger partial charge in [-0.3, -0.25) is 4.79 Å². The molecular weight excluding hydrogens is 204 g/mol. The highest BCUT2D eigenvalue weighted by Gasteiger charge is 2.22. The number of hydrogen-bond donors (Lipinski definition) is 1. The van der Waals surface area contributed by atoms with Crippen molar-refractivity contribution in [2.75, 3.05) is 33.4 Å². The molecule has 0 fully saturated rings. The van der Waals surface area contributed by atoms with E-state index in [0.717, 1.165) is 13.0 Å². The van der Waals surface area contributed by atoms with Gasteiger partial charge in [-0.15, -0.1) is 0 Å². The van der Waals surface area contributed by atoms with Gasteiger partial charge in [0.25, 0.3) is 0 Å². The number of carbonyl (C=O) groups is 1. The van der Waals surface area contributed by atoms with Crippen LogP contribution in [0.1, 0.15) is 27.2 Å². The molecule has 0 bridgehead atoms. The van der Waals surface area contributed by atoms with E-state index < -0.39 is 0 Å². The van der Waals surface area contributed by atoms with E-state index in [1.807, 2.05) is 11.8 Å². The average Bonchev–Trinajstić information content (AvgIpc) is 2.27. The zero-order chi connectivity index (χ0) is 12.6. The molecule has 0 aromatic rings. The molecule has 0 saturated carbocycles. The van der Waals surface area contributed by atoms with Gasteiger partial charge in [0.05, 0.1) is 6.61 Å². The summed E-state index contributed by atoms with van der Waals surface area (Å²) in [7, 11) is 1.65. The fourth-order valence-electron chi connectivity index (χ4n) is 1.39. The molecule has 4 heteroatoms. The molecule has 0 aromatic carbocycles. The molecule has 16 heavy (non-hydrogen) atoms. The van der Waals surface area contributed by atoms with Crippen molar-refractivity contribution in [1.29, 1.82) is 0 Å². The molecule has 0 aromatic heterocycles. The molecule has 4 nitrogen and oxygen atoms in total. The Morgan fingerprint density at radius 3 is 2.38 bits per heavy atom. The summed E-state index contributed by atoms with van der Waals surface area (Å²) >= 11 is 0. The molecule has 0 radical (unpaired) electrons. The van der Waals surface area contributed by atoms with E-state index >= 15 is 0 Å².